The Kier molecular flexibility index (Phi) is 3.66. The van der Waals surface area contributed by atoms with Gasteiger partial charge in [0.05, 0.1) is 17.8 Å². The first-order valence-corrected chi connectivity index (χ1v) is 6.95. The minimum Gasteiger partial charge on any atom is -0.388 e. The van der Waals surface area contributed by atoms with Crippen LogP contribution in [-0.2, 0) is 6.42 Å². The first kappa shape index (κ1) is 13.4. The van der Waals surface area contributed by atoms with Crippen molar-refractivity contribution in [1.29, 1.82) is 0 Å². The van der Waals surface area contributed by atoms with Crippen LogP contribution >= 0.6 is 23.2 Å². The van der Waals surface area contributed by atoms with Crippen molar-refractivity contribution in [3.8, 4) is 0 Å². The van der Waals surface area contributed by atoms with E-state index in [1.807, 2.05) is 30.5 Å². The van der Waals surface area contributed by atoms with Crippen LogP contribution in [0.5, 0.6) is 0 Å². The Balaban J connectivity index is 1.91. The maximum atomic E-state index is 10.4. The van der Waals surface area contributed by atoms with Gasteiger partial charge < -0.3 is 5.11 Å². The molecule has 3 rings (SSSR count). The van der Waals surface area contributed by atoms with Crippen molar-refractivity contribution in [3.05, 3.63) is 70.0 Å². The highest BCUT2D eigenvalue weighted by molar-refractivity contribution is 6.35. The fourth-order valence-corrected chi connectivity index (χ4v) is 2.70. The Morgan fingerprint density at radius 3 is 2.85 bits per heavy atom. The predicted molar refractivity (Wildman–Crippen MR) is 80.3 cm³/mol. The SMILES string of the molecule is OC(Cc1ccc(Cl)cc1Cl)c1cnn2ccccc12. The van der Waals surface area contributed by atoms with Gasteiger partial charge in [0.2, 0.25) is 0 Å². The lowest BCUT2D eigenvalue weighted by molar-refractivity contribution is 0.180. The molecule has 0 saturated carbocycles. The van der Waals surface area contributed by atoms with Crippen LogP contribution in [0.2, 0.25) is 10.0 Å². The molecule has 0 aliphatic heterocycles. The van der Waals surface area contributed by atoms with E-state index in [0.717, 1.165) is 16.6 Å². The monoisotopic (exact) mass is 306 g/mol. The largest absolute Gasteiger partial charge is 0.388 e. The molecular formula is C15H12Cl2N2O. The van der Waals surface area contributed by atoms with Gasteiger partial charge in [-0.25, -0.2) is 4.52 Å². The quantitative estimate of drug-likeness (QED) is 0.796. The number of aromatic nitrogens is 2. The molecule has 3 aromatic rings. The third-order valence-electron chi connectivity index (χ3n) is 3.24. The zero-order chi connectivity index (χ0) is 14.1. The molecule has 1 atom stereocenters. The van der Waals surface area contributed by atoms with Crippen molar-refractivity contribution in [2.45, 2.75) is 12.5 Å². The van der Waals surface area contributed by atoms with Crippen molar-refractivity contribution < 1.29 is 5.11 Å². The van der Waals surface area contributed by atoms with Crippen LogP contribution in [-0.4, -0.2) is 14.7 Å². The van der Waals surface area contributed by atoms with Gasteiger partial charge in [-0.15, -0.1) is 0 Å². The molecule has 0 amide bonds. The van der Waals surface area contributed by atoms with Crippen molar-refractivity contribution in [3.63, 3.8) is 0 Å². The lowest BCUT2D eigenvalue weighted by Gasteiger charge is -2.11. The zero-order valence-corrected chi connectivity index (χ0v) is 12.0. The minimum atomic E-state index is -0.659. The van der Waals surface area contributed by atoms with Crippen LogP contribution < -0.4 is 0 Å². The Labute approximate surface area is 126 Å². The van der Waals surface area contributed by atoms with Crippen molar-refractivity contribution >= 4 is 28.7 Å². The molecular weight excluding hydrogens is 295 g/mol. The first-order chi connectivity index (χ1) is 9.65. The maximum absolute atomic E-state index is 10.4. The van der Waals surface area contributed by atoms with Gasteiger partial charge in [0, 0.05) is 28.2 Å². The topological polar surface area (TPSA) is 37.5 Å². The summed E-state index contributed by atoms with van der Waals surface area (Å²) in [5, 5.41) is 15.8. The summed E-state index contributed by atoms with van der Waals surface area (Å²) in [4.78, 5) is 0. The summed E-state index contributed by atoms with van der Waals surface area (Å²) in [6, 6.07) is 11.0. The van der Waals surface area contributed by atoms with Gasteiger partial charge in [0.25, 0.3) is 0 Å². The number of rotatable bonds is 3. The molecule has 1 unspecified atom stereocenters. The van der Waals surface area contributed by atoms with Crippen LogP contribution in [0.4, 0.5) is 0 Å². The van der Waals surface area contributed by atoms with Crippen LogP contribution in [0.1, 0.15) is 17.2 Å². The van der Waals surface area contributed by atoms with Gasteiger partial charge >= 0.3 is 0 Å². The number of halogens is 2. The highest BCUT2D eigenvalue weighted by atomic mass is 35.5. The third-order valence-corrected chi connectivity index (χ3v) is 3.83. The highest BCUT2D eigenvalue weighted by Crippen LogP contribution is 2.27. The number of aliphatic hydroxyl groups excluding tert-OH is 1. The van der Waals surface area contributed by atoms with Crippen molar-refractivity contribution in [2.75, 3.05) is 0 Å². The summed E-state index contributed by atoms with van der Waals surface area (Å²) >= 11 is 12.0. The summed E-state index contributed by atoms with van der Waals surface area (Å²) in [6.45, 7) is 0. The van der Waals surface area contributed by atoms with E-state index >= 15 is 0 Å². The van der Waals surface area contributed by atoms with E-state index in [1.54, 1.807) is 22.8 Å². The standard InChI is InChI=1S/C15H12Cl2N2O/c16-11-5-4-10(13(17)8-11)7-15(20)12-9-18-19-6-2-1-3-14(12)19/h1-6,8-9,15,20H,7H2. The second-order valence-electron chi connectivity index (χ2n) is 4.59. The number of aliphatic hydroxyl groups is 1. The minimum absolute atomic E-state index is 0.423. The molecule has 2 heterocycles. The Bertz CT molecular complexity index is 754. The summed E-state index contributed by atoms with van der Waals surface area (Å²) in [5.41, 5.74) is 2.54. The van der Waals surface area contributed by atoms with Gasteiger partial charge in [-0.3, -0.25) is 0 Å². The van der Waals surface area contributed by atoms with Gasteiger partial charge in [-0.2, -0.15) is 5.10 Å². The Hall–Kier alpha value is -1.55. The summed E-state index contributed by atoms with van der Waals surface area (Å²) in [6.07, 6.45) is 3.30. The number of hydrogen-bond donors (Lipinski definition) is 1. The van der Waals surface area contributed by atoms with Crippen LogP contribution in [0.15, 0.2) is 48.8 Å². The van der Waals surface area contributed by atoms with Crippen LogP contribution in [0.3, 0.4) is 0 Å². The number of hydrogen-bond acceptors (Lipinski definition) is 2. The fraction of sp³-hybridized carbons (Fsp3) is 0.133. The number of nitrogens with zero attached hydrogens (tertiary/aromatic N) is 2. The van der Waals surface area contributed by atoms with E-state index in [4.69, 9.17) is 23.2 Å². The molecule has 2 aromatic heterocycles. The van der Waals surface area contributed by atoms with Gasteiger partial charge in [-0.1, -0.05) is 35.3 Å². The molecule has 0 radical (unpaired) electrons. The summed E-state index contributed by atoms with van der Waals surface area (Å²) in [5.74, 6) is 0. The number of fused-ring (bicyclic) bond motifs is 1. The Morgan fingerprint density at radius 2 is 2.05 bits per heavy atom. The lowest BCUT2D eigenvalue weighted by atomic mass is 10.0. The highest BCUT2D eigenvalue weighted by Gasteiger charge is 2.15. The zero-order valence-electron chi connectivity index (χ0n) is 10.5. The molecule has 0 spiro atoms. The molecule has 1 N–H and O–H groups in total. The average Bonchev–Trinajstić information content (AvgIpc) is 2.86. The molecule has 5 heteroatoms. The number of pyridine rings is 1. The van der Waals surface area contributed by atoms with Gasteiger partial charge in [-0.05, 0) is 29.8 Å². The molecule has 0 fully saturated rings. The van der Waals surface area contributed by atoms with E-state index in [9.17, 15) is 5.11 Å². The average molecular weight is 307 g/mol. The normalized spacial score (nSPS) is 12.8. The molecule has 20 heavy (non-hydrogen) atoms. The summed E-state index contributed by atoms with van der Waals surface area (Å²) in [7, 11) is 0. The van der Waals surface area contributed by atoms with Crippen molar-refractivity contribution in [1.82, 2.24) is 9.61 Å². The molecule has 102 valence electrons. The van der Waals surface area contributed by atoms with E-state index in [0.29, 0.717) is 16.5 Å². The van der Waals surface area contributed by atoms with E-state index in [1.165, 1.54) is 0 Å². The Morgan fingerprint density at radius 1 is 1.20 bits per heavy atom. The van der Waals surface area contributed by atoms with Crippen LogP contribution in [0.25, 0.3) is 5.52 Å². The molecule has 0 saturated heterocycles. The van der Waals surface area contributed by atoms with Crippen molar-refractivity contribution in [2.24, 2.45) is 0 Å². The first-order valence-electron chi connectivity index (χ1n) is 6.19. The second kappa shape index (κ2) is 5.44. The van der Waals surface area contributed by atoms with Crippen LogP contribution in [0, 0.1) is 0 Å². The molecule has 3 nitrogen and oxygen atoms in total. The van der Waals surface area contributed by atoms with E-state index in [-0.39, 0.29) is 0 Å². The van der Waals surface area contributed by atoms with Gasteiger partial charge in [0.15, 0.2) is 0 Å². The maximum Gasteiger partial charge on any atom is 0.0867 e. The van der Waals surface area contributed by atoms with E-state index < -0.39 is 6.10 Å². The summed E-state index contributed by atoms with van der Waals surface area (Å²) < 4.78 is 1.74. The van der Waals surface area contributed by atoms with E-state index in [2.05, 4.69) is 5.10 Å². The molecule has 0 aliphatic rings. The predicted octanol–water partition coefficient (Wildman–Crippen LogP) is 3.92. The molecule has 0 aliphatic carbocycles. The fourth-order valence-electron chi connectivity index (χ4n) is 2.22. The third kappa shape index (κ3) is 2.52. The lowest BCUT2D eigenvalue weighted by Crippen LogP contribution is -2.02. The molecule has 1 aromatic carbocycles. The molecule has 0 bridgehead atoms. The number of benzene rings is 1. The smallest absolute Gasteiger partial charge is 0.0867 e. The van der Waals surface area contributed by atoms with Gasteiger partial charge in [0.1, 0.15) is 0 Å². The second-order valence-corrected chi connectivity index (χ2v) is 5.43.